The Bertz CT molecular complexity index is 6130. The molecule has 103 heavy (non-hydrogen) atoms. The van der Waals surface area contributed by atoms with Crippen molar-refractivity contribution < 1.29 is 65.8 Å². The van der Waals surface area contributed by atoms with Crippen LogP contribution in [0, 0.1) is 124 Å². The van der Waals surface area contributed by atoms with E-state index >= 15 is 0 Å². The molecule has 532 valence electrons. The van der Waals surface area contributed by atoms with Crippen molar-refractivity contribution in [3.63, 3.8) is 0 Å². The minimum Gasteiger partial charge on any atom is -0.201 e. The van der Waals surface area contributed by atoms with Crippen LogP contribution >= 0.6 is 0 Å². The maximum Gasteiger partial charge on any atom is 0.215 e. The first kappa shape index (κ1) is 48.2. The summed E-state index contributed by atoms with van der Waals surface area (Å²) >= 11 is 0. The van der Waals surface area contributed by atoms with Gasteiger partial charge in [0.15, 0.2) is 34.7 Å². The van der Waals surface area contributed by atoms with Crippen molar-refractivity contribution in [1.29, 1.82) is 0 Å². The van der Waals surface area contributed by atoms with Crippen molar-refractivity contribution >= 4 is 0 Å². The molecule has 6 heteroatoms. The SMILES string of the molecule is Cc1ccccc1-c1cc2c(c[n+]1C)CCCC2.[2H]C([2H])([2H])c1c(C([2H])(C)C([2H])([2H])[2H])ccc(-c2ccccc2C)[n+]1C.[2H]C([2H])([2H])c1c(C)c(C)c(-c2ccccc2C)[n+](C)c1C([2H])([2H])[2H].[2H]C([2H])([2H])c1c(C)cc(-c2ccccc2C)[n+](C)c1C([2H])([2H])[2H].[2H]C([2H])([2H])c1cc(C)cc(-c2ccccc2C)[n+]1C.[2H]C([2H])([2H])c1ccc(-c2ccccc2C)[n+](C)c1C([2H])([2H])[2H]. The number of benzene rings is 6. The average molecular weight is 1400 g/mol. The molecule has 6 aromatic carbocycles. The highest BCUT2D eigenvalue weighted by molar-refractivity contribution is 5.67. The summed E-state index contributed by atoms with van der Waals surface area (Å²) in [5.41, 5.74) is 22.9. The first-order chi connectivity index (χ1) is 60.2. The summed E-state index contributed by atoms with van der Waals surface area (Å²) in [6.07, 6.45) is 7.51. The van der Waals surface area contributed by atoms with E-state index in [1.54, 1.807) is 82.0 Å². The molecule has 0 saturated carbocycles. The lowest BCUT2D eigenvalue weighted by molar-refractivity contribution is -0.667. The fourth-order valence-electron chi connectivity index (χ4n) is 13.0. The molecule has 1 atom stereocenters. The lowest BCUT2D eigenvalue weighted by atomic mass is 9.91. The molecule has 0 amide bonds. The standard InChI is InChI=1S/C17H20N.2C17H22N.C16H20N.2C15H18N/c1-13-7-3-6-10-16(13)17-11-14-8-4-5-9-15(14)12-18(17)2;1-11-9-7-8-10-16(11)17-14(4)12(2)13(3)15(5)18(17)6;1-12(2)15-10-11-17(18(5)14(15)4)16-9-7-6-8-13(16)3;1-11-8-6-7-9-15(11)16-10-12(2)13(3)14(4)17(16)5;1-11-9-13(3)16(4)15(10-11)14-8-6-5-7-12(14)2;1-11-9-10-15(16(4)13(11)3)14-8-6-5-7-12(14)2/h3,6-7,10-12H,4-5,8-9H2,1-2H3;7-10H,1-6H3;6-12H,1-5H3;6-10H,1-5H3;2*5-10H,1-4H3/q6*+1/i;3D3,5D3;1D3,4D3,12D;3D3,4D3;3D3;1D3,3D3. The van der Waals surface area contributed by atoms with E-state index in [0.29, 0.717) is 33.9 Å². The van der Waals surface area contributed by atoms with E-state index < -0.39 is 67.6 Å². The maximum atomic E-state index is 8.33. The van der Waals surface area contributed by atoms with Gasteiger partial charge in [0.1, 0.15) is 42.3 Å². The van der Waals surface area contributed by atoms with Crippen LogP contribution in [0.1, 0.15) is 188 Å². The summed E-state index contributed by atoms with van der Waals surface area (Å²) < 4.78 is 227. The lowest BCUT2D eigenvalue weighted by Crippen LogP contribution is -2.37. The van der Waals surface area contributed by atoms with Crippen molar-refractivity contribution in [2.45, 2.75) is 169 Å². The largest absolute Gasteiger partial charge is 0.215 e. The van der Waals surface area contributed by atoms with Crippen molar-refractivity contribution in [3.8, 4) is 67.5 Å². The Morgan fingerprint density at radius 3 is 1.21 bits per heavy atom. The smallest absolute Gasteiger partial charge is 0.201 e. The minimum absolute atomic E-state index is 0.00710. The van der Waals surface area contributed by atoms with Gasteiger partial charge in [-0.1, -0.05) is 123 Å². The predicted molar refractivity (Wildman–Crippen MR) is 434 cm³/mol. The Hall–Kier alpha value is -9.78. The van der Waals surface area contributed by atoms with E-state index in [2.05, 4.69) is 55.1 Å². The molecule has 0 bridgehead atoms. The number of pyridine rings is 6. The predicted octanol–water partition coefficient (Wildman–Crippen LogP) is 20.6. The van der Waals surface area contributed by atoms with Gasteiger partial charge in [-0.25, -0.2) is 4.57 Å². The highest BCUT2D eigenvalue weighted by Crippen LogP contribution is 2.31. The zero-order valence-electron chi connectivity index (χ0n) is 91.1. The first-order valence-electron chi connectivity index (χ1n) is 48.7. The van der Waals surface area contributed by atoms with E-state index in [1.165, 1.54) is 79.8 Å². The van der Waals surface area contributed by atoms with E-state index in [0.717, 1.165) is 78.1 Å². The molecule has 0 fully saturated rings. The van der Waals surface area contributed by atoms with Gasteiger partial charge in [0, 0.05) is 176 Å². The van der Waals surface area contributed by atoms with Crippen molar-refractivity contribution in [3.05, 3.63) is 318 Å². The number of nitrogens with zero attached hydrogens (tertiary/aromatic N) is 6. The third kappa shape index (κ3) is 18.5. The summed E-state index contributed by atoms with van der Waals surface area (Å²) in [7, 11) is 10.4. The maximum absolute atomic E-state index is 8.33. The van der Waals surface area contributed by atoms with Crippen LogP contribution in [-0.4, -0.2) is 0 Å². The second kappa shape index (κ2) is 35.4. The summed E-state index contributed by atoms with van der Waals surface area (Å²) in [4.78, 5) is 0. The molecule has 0 N–H and O–H groups in total. The fraction of sp³-hybridized carbons (Fsp3) is 0.320. The van der Waals surface area contributed by atoms with Crippen LogP contribution in [0.5, 0.6) is 0 Å². The van der Waals surface area contributed by atoms with Gasteiger partial charge in [0.05, 0.1) is 0 Å². The number of hydrogen-bond acceptors (Lipinski definition) is 0. The van der Waals surface area contributed by atoms with E-state index in [-0.39, 0.29) is 45.0 Å². The molecule has 13 rings (SSSR count). The van der Waals surface area contributed by atoms with Gasteiger partial charge in [-0.3, -0.25) is 0 Å². The van der Waals surface area contributed by atoms with Crippen molar-refractivity contribution in [2.75, 3.05) is 0 Å². The highest BCUT2D eigenvalue weighted by Gasteiger charge is 2.25. The molecule has 6 aromatic heterocycles. The summed E-state index contributed by atoms with van der Waals surface area (Å²) in [6, 6.07) is 61.3. The molecule has 1 aliphatic carbocycles. The summed E-state index contributed by atoms with van der Waals surface area (Å²) in [5.74, 6) is -2.03. The zero-order chi connectivity index (χ0) is 98.7. The summed E-state index contributed by atoms with van der Waals surface area (Å²) in [6.45, 7) is -1.93. The second-order valence-corrected chi connectivity index (χ2v) is 26.9. The molecule has 6 nitrogen and oxygen atoms in total. The molecular weight excluding hydrogens is 1250 g/mol. The van der Waals surface area contributed by atoms with Crippen molar-refractivity contribution in [2.24, 2.45) is 42.3 Å². The summed E-state index contributed by atoms with van der Waals surface area (Å²) in [5, 5.41) is 0. The molecule has 0 radical (unpaired) electrons. The van der Waals surface area contributed by atoms with Gasteiger partial charge in [-0.15, -0.1) is 0 Å². The Morgan fingerprint density at radius 2 is 0.748 bits per heavy atom. The normalized spacial score (nSPS) is 17.0. The van der Waals surface area contributed by atoms with Crippen LogP contribution in [0.4, 0.5) is 0 Å². The number of aromatic nitrogens is 6. The average Bonchev–Trinajstić information content (AvgIpc) is 0.744. The van der Waals surface area contributed by atoms with Gasteiger partial charge < -0.3 is 0 Å². The zero-order valence-corrected chi connectivity index (χ0v) is 63.1. The molecule has 12 aromatic rings. The molecule has 0 spiro atoms. The van der Waals surface area contributed by atoms with Crippen LogP contribution in [0.2, 0.25) is 0 Å². The lowest BCUT2D eigenvalue weighted by Gasteiger charge is -2.15. The highest BCUT2D eigenvalue weighted by atomic mass is 15.0. The van der Waals surface area contributed by atoms with Crippen LogP contribution in [0.3, 0.4) is 0 Å². The molecular formula is C97H120N6+6. The topological polar surface area (TPSA) is 23.3 Å². The van der Waals surface area contributed by atoms with Gasteiger partial charge in [-0.2, -0.15) is 22.8 Å². The molecule has 0 aliphatic heterocycles. The van der Waals surface area contributed by atoms with E-state index in [4.69, 9.17) is 38.4 Å². The molecule has 1 unspecified atom stereocenters. The second-order valence-electron chi connectivity index (χ2n) is 26.9. The first-order valence-corrected chi connectivity index (χ1v) is 34.7. The van der Waals surface area contributed by atoms with Crippen LogP contribution in [0.15, 0.2) is 200 Å². The molecule has 6 heterocycles. The quantitative estimate of drug-likeness (QED) is 0.142. The number of aryl methyl sites for hydroxylation is 13. The van der Waals surface area contributed by atoms with Crippen LogP contribution in [-0.2, 0) is 55.1 Å². The number of rotatable bonds is 7. The Kier molecular flexibility index (Phi) is 16.6. The Balaban J connectivity index is 0.000000194. The number of fused-ring (bicyclic) bond motifs is 1. The Morgan fingerprint density at radius 1 is 0.320 bits per heavy atom. The number of hydrogen-bond donors (Lipinski definition) is 0. The third-order valence-corrected chi connectivity index (χ3v) is 19.6. The van der Waals surface area contributed by atoms with E-state index in [9.17, 15) is 0 Å². The third-order valence-electron chi connectivity index (χ3n) is 19.6. The molecule has 1 aliphatic rings. The fourth-order valence-corrected chi connectivity index (χ4v) is 13.0. The van der Waals surface area contributed by atoms with Crippen LogP contribution < -0.4 is 27.4 Å². The van der Waals surface area contributed by atoms with E-state index in [1.807, 2.05) is 183 Å². The van der Waals surface area contributed by atoms with Gasteiger partial charge >= 0.3 is 0 Å². The Labute approximate surface area is 660 Å². The van der Waals surface area contributed by atoms with Crippen molar-refractivity contribution in [1.82, 2.24) is 0 Å². The van der Waals surface area contributed by atoms with Crippen LogP contribution in [0.25, 0.3) is 67.5 Å². The van der Waals surface area contributed by atoms with Gasteiger partial charge in [0.2, 0.25) is 34.2 Å². The molecule has 0 saturated heterocycles. The van der Waals surface area contributed by atoms with Gasteiger partial charge in [-0.05, 0) is 226 Å². The van der Waals surface area contributed by atoms with Gasteiger partial charge in [0.25, 0.3) is 0 Å². The minimum atomic E-state index is -2.65. The monoisotopic (exact) mass is 1400 g/mol.